The fraction of sp³-hybridized carbons (Fsp3) is 0.837. The highest BCUT2D eigenvalue weighted by Crippen LogP contribution is 2.19. The van der Waals surface area contributed by atoms with E-state index in [2.05, 4.69) is 48.8 Å². The molecule has 0 bridgehead atoms. The van der Waals surface area contributed by atoms with Gasteiger partial charge in [-0.15, -0.1) is 0 Å². The fourth-order valence-corrected chi connectivity index (χ4v) is 7.22. The number of esters is 1. The van der Waals surface area contributed by atoms with Crippen molar-refractivity contribution < 1.29 is 34.1 Å². The van der Waals surface area contributed by atoms with Crippen LogP contribution in [0.5, 0.6) is 0 Å². The average Bonchev–Trinajstić information content (AvgIpc) is 3.21. The van der Waals surface area contributed by atoms with Crippen LogP contribution in [0.15, 0.2) is 24.3 Å². The van der Waals surface area contributed by atoms with E-state index in [1.807, 2.05) is 0 Å². The molecule has 4 N–H and O–H groups in total. The van der Waals surface area contributed by atoms with Crippen molar-refractivity contribution in [3.05, 3.63) is 24.3 Å². The number of amides is 2. The van der Waals surface area contributed by atoms with Gasteiger partial charge < -0.3 is 25.6 Å². The van der Waals surface area contributed by atoms with Crippen molar-refractivity contribution in [3.63, 3.8) is 0 Å². The molecule has 0 aliphatic carbocycles. The lowest BCUT2D eigenvalue weighted by Crippen LogP contribution is -2.47. The van der Waals surface area contributed by atoms with Crippen molar-refractivity contribution in [3.8, 4) is 0 Å². The Hall–Kier alpha value is -2.68. The molecule has 9 heteroatoms. The molecule has 0 saturated heterocycles. The monoisotopic (exact) mass is 819 g/mol. The summed E-state index contributed by atoms with van der Waals surface area (Å²) in [6.45, 7) is 3.48. The van der Waals surface area contributed by atoms with Crippen LogP contribution in [0.1, 0.15) is 239 Å². The number of aliphatic hydroxyl groups is 1. The molecular formula is C49H90N2O7. The Bertz CT molecular complexity index is 1030. The van der Waals surface area contributed by atoms with Gasteiger partial charge in [-0.05, 0) is 70.6 Å². The van der Waals surface area contributed by atoms with Crippen LogP contribution in [0.3, 0.4) is 0 Å². The number of carbonyl (C=O) groups is 4. The van der Waals surface area contributed by atoms with Gasteiger partial charge in [-0.3, -0.25) is 14.4 Å². The van der Waals surface area contributed by atoms with Gasteiger partial charge in [-0.25, -0.2) is 4.79 Å². The van der Waals surface area contributed by atoms with E-state index in [1.54, 1.807) is 0 Å². The zero-order valence-electron chi connectivity index (χ0n) is 37.6. The van der Waals surface area contributed by atoms with Gasteiger partial charge >= 0.3 is 11.9 Å². The maximum atomic E-state index is 12.8. The van der Waals surface area contributed by atoms with E-state index in [9.17, 15) is 19.2 Å². The fourth-order valence-electron chi connectivity index (χ4n) is 7.22. The van der Waals surface area contributed by atoms with E-state index in [0.717, 1.165) is 77.0 Å². The lowest BCUT2D eigenvalue weighted by molar-refractivity contribution is -0.150. The first-order valence-corrected chi connectivity index (χ1v) is 24.2. The number of hydrogen-bond acceptors (Lipinski definition) is 6. The summed E-state index contributed by atoms with van der Waals surface area (Å²) < 4.78 is 6.05. The van der Waals surface area contributed by atoms with Crippen molar-refractivity contribution in [1.82, 2.24) is 10.6 Å². The Morgan fingerprint density at radius 3 is 1.41 bits per heavy atom. The molecule has 2 amide bonds. The van der Waals surface area contributed by atoms with E-state index in [4.69, 9.17) is 14.9 Å². The molecule has 0 heterocycles. The standard InChI is InChI=1S/C49H90N2O7/c1-3-5-7-9-11-13-15-17-19-21-23-25-27-30-34-38-44(39-35-31-29-32-36-40-46(53)50-42-47(54)51-45(43-52)49(56)57)58-48(55)41-37-33-28-26-24-22-20-18-16-14-12-10-8-6-4-2/h12,14,18,20,44-45,52H,3-11,13,15-17,19,21-43H2,1-2H3,(H,50,53)(H,51,54)(H,56,57)/b14-12-,20-18-. The van der Waals surface area contributed by atoms with Crippen molar-refractivity contribution in [2.24, 2.45) is 0 Å². The van der Waals surface area contributed by atoms with Crippen LogP contribution in [0.4, 0.5) is 0 Å². The normalized spacial score (nSPS) is 12.6. The predicted molar refractivity (Wildman–Crippen MR) is 241 cm³/mol. The minimum Gasteiger partial charge on any atom is -0.480 e. The van der Waals surface area contributed by atoms with Gasteiger partial charge in [0.1, 0.15) is 12.1 Å². The Labute approximate surface area is 355 Å². The van der Waals surface area contributed by atoms with Gasteiger partial charge in [0.15, 0.2) is 0 Å². The molecule has 338 valence electrons. The second-order valence-electron chi connectivity index (χ2n) is 16.6. The summed E-state index contributed by atoms with van der Waals surface area (Å²) in [7, 11) is 0. The molecule has 0 radical (unpaired) electrons. The van der Waals surface area contributed by atoms with Crippen molar-refractivity contribution in [2.45, 2.75) is 251 Å². The number of nitrogens with one attached hydrogen (secondary N) is 2. The highest BCUT2D eigenvalue weighted by atomic mass is 16.5. The molecule has 2 atom stereocenters. The van der Waals surface area contributed by atoms with Gasteiger partial charge in [0, 0.05) is 12.8 Å². The number of ether oxygens (including phenoxy) is 1. The van der Waals surface area contributed by atoms with E-state index >= 15 is 0 Å². The highest BCUT2D eigenvalue weighted by molar-refractivity contribution is 5.87. The maximum Gasteiger partial charge on any atom is 0.328 e. The lowest BCUT2D eigenvalue weighted by atomic mass is 10.0. The number of allylic oxidation sites excluding steroid dienone is 4. The van der Waals surface area contributed by atoms with Crippen LogP contribution >= 0.6 is 0 Å². The van der Waals surface area contributed by atoms with Gasteiger partial charge in [0.25, 0.3) is 0 Å². The summed E-state index contributed by atoms with van der Waals surface area (Å²) >= 11 is 0. The second-order valence-corrected chi connectivity index (χ2v) is 16.6. The number of hydrogen-bond donors (Lipinski definition) is 4. The molecule has 0 saturated carbocycles. The van der Waals surface area contributed by atoms with Crippen LogP contribution < -0.4 is 10.6 Å². The van der Waals surface area contributed by atoms with Crippen LogP contribution in [-0.2, 0) is 23.9 Å². The Balaban J connectivity index is 4.33. The third-order valence-corrected chi connectivity index (χ3v) is 11.0. The lowest BCUT2D eigenvalue weighted by Gasteiger charge is -2.18. The second kappa shape index (κ2) is 43.9. The molecule has 0 aromatic carbocycles. The summed E-state index contributed by atoms with van der Waals surface area (Å²) in [6, 6.07) is -1.38. The van der Waals surface area contributed by atoms with Gasteiger partial charge in [0.2, 0.25) is 11.8 Å². The number of aliphatic carboxylic acids is 1. The summed E-state index contributed by atoms with van der Waals surface area (Å²) in [5, 5.41) is 22.6. The third-order valence-electron chi connectivity index (χ3n) is 11.0. The summed E-state index contributed by atoms with van der Waals surface area (Å²) in [5.41, 5.74) is 0. The predicted octanol–water partition coefficient (Wildman–Crippen LogP) is 12.4. The molecule has 0 aromatic heterocycles. The van der Waals surface area contributed by atoms with E-state index in [1.165, 1.54) is 128 Å². The van der Waals surface area contributed by atoms with E-state index < -0.39 is 24.5 Å². The average molecular weight is 819 g/mol. The number of carbonyl (C=O) groups excluding carboxylic acids is 3. The Morgan fingerprint density at radius 1 is 0.517 bits per heavy atom. The number of carboxylic acid groups (broad SMARTS) is 1. The maximum absolute atomic E-state index is 12.8. The number of rotatable bonds is 44. The van der Waals surface area contributed by atoms with E-state index in [0.29, 0.717) is 19.3 Å². The summed E-state index contributed by atoms with van der Waals surface area (Å²) in [4.78, 5) is 47.7. The van der Waals surface area contributed by atoms with Crippen LogP contribution in [0.25, 0.3) is 0 Å². The Morgan fingerprint density at radius 2 is 0.931 bits per heavy atom. The van der Waals surface area contributed by atoms with Gasteiger partial charge in [-0.1, -0.05) is 179 Å². The van der Waals surface area contributed by atoms with Gasteiger partial charge in [-0.2, -0.15) is 0 Å². The smallest absolute Gasteiger partial charge is 0.328 e. The zero-order valence-corrected chi connectivity index (χ0v) is 37.6. The number of carboxylic acids is 1. The molecule has 0 fully saturated rings. The minimum absolute atomic E-state index is 0.0177. The van der Waals surface area contributed by atoms with Crippen molar-refractivity contribution >= 4 is 23.8 Å². The first-order chi connectivity index (χ1) is 28.3. The molecule has 58 heavy (non-hydrogen) atoms. The minimum atomic E-state index is -1.38. The molecule has 0 aromatic rings. The number of unbranched alkanes of at least 4 members (excludes halogenated alkanes) is 26. The third kappa shape index (κ3) is 40.1. The zero-order chi connectivity index (χ0) is 42.6. The van der Waals surface area contributed by atoms with Gasteiger partial charge in [0.05, 0.1) is 13.2 Å². The highest BCUT2D eigenvalue weighted by Gasteiger charge is 2.19. The molecule has 0 spiro atoms. The molecule has 0 rings (SSSR count). The topological polar surface area (TPSA) is 142 Å². The van der Waals surface area contributed by atoms with Crippen LogP contribution in [0, 0.1) is 0 Å². The Kier molecular flexibility index (Phi) is 41.9. The van der Waals surface area contributed by atoms with Crippen LogP contribution in [0.2, 0.25) is 0 Å². The van der Waals surface area contributed by atoms with E-state index in [-0.39, 0.29) is 24.5 Å². The molecule has 9 nitrogen and oxygen atoms in total. The number of aliphatic hydroxyl groups excluding tert-OH is 1. The largest absolute Gasteiger partial charge is 0.480 e. The summed E-state index contributed by atoms with van der Waals surface area (Å²) in [5.74, 6) is -2.29. The summed E-state index contributed by atoms with van der Waals surface area (Å²) in [6.07, 6.45) is 49.2. The quantitative estimate of drug-likeness (QED) is 0.0272. The van der Waals surface area contributed by atoms with Crippen LogP contribution in [-0.4, -0.2) is 59.3 Å². The van der Waals surface area contributed by atoms with Crippen molar-refractivity contribution in [1.29, 1.82) is 0 Å². The molecular weight excluding hydrogens is 729 g/mol. The SMILES string of the molecule is CCCCC/C=C\C/C=C\CCCCCCCC(=O)OC(CCCCCCCCCCCCCCCCC)CCCCCCCC(=O)NCC(=O)NC(CO)C(=O)O. The van der Waals surface area contributed by atoms with Crippen molar-refractivity contribution in [2.75, 3.05) is 13.2 Å². The first kappa shape index (κ1) is 55.3. The first-order valence-electron chi connectivity index (χ1n) is 24.2. The molecule has 2 unspecified atom stereocenters. The molecule has 0 aliphatic rings. The molecule has 0 aliphatic heterocycles.